The van der Waals surface area contributed by atoms with Gasteiger partial charge in [-0.05, 0) is 29.7 Å². The maximum Gasteiger partial charge on any atom is 0.280 e. The molecule has 98 valence electrons. The lowest BCUT2D eigenvalue weighted by Gasteiger charge is -2.27. The van der Waals surface area contributed by atoms with Crippen LogP contribution in [-0.2, 0) is 6.42 Å². The molecule has 3 aromatic rings. The Labute approximate surface area is 114 Å². The van der Waals surface area contributed by atoms with Gasteiger partial charge in [0.2, 0.25) is 0 Å². The van der Waals surface area contributed by atoms with Crippen molar-refractivity contribution in [3.05, 3.63) is 59.5 Å². The fourth-order valence-electron chi connectivity index (χ4n) is 2.52. The largest absolute Gasteiger partial charge is 0.505 e. The van der Waals surface area contributed by atoms with Crippen molar-refractivity contribution in [1.29, 1.82) is 0 Å². The van der Waals surface area contributed by atoms with Crippen molar-refractivity contribution >= 4 is 0 Å². The van der Waals surface area contributed by atoms with Crippen LogP contribution in [0.1, 0.15) is 22.9 Å². The van der Waals surface area contributed by atoms with Gasteiger partial charge in [0.05, 0.1) is 5.92 Å². The molecule has 5 heteroatoms. The number of fused-ring (bicyclic) bond motifs is 1. The number of aromatic hydroxyl groups is 1. The summed E-state index contributed by atoms with van der Waals surface area (Å²) in [5, 5.41) is 13.8. The Balaban J connectivity index is 1.69. The van der Waals surface area contributed by atoms with Crippen LogP contribution in [-0.4, -0.2) is 20.2 Å². The molecule has 1 atom stereocenters. The lowest BCUT2D eigenvalue weighted by molar-refractivity contribution is 0.410. The molecule has 4 rings (SSSR count). The van der Waals surface area contributed by atoms with Crippen molar-refractivity contribution in [1.82, 2.24) is 15.1 Å². The van der Waals surface area contributed by atoms with E-state index in [1.807, 2.05) is 12.1 Å². The molecule has 1 N–H and O–H groups in total. The Morgan fingerprint density at radius 3 is 2.90 bits per heavy atom. The van der Waals surface area contributed by atoms with Crippen molar-refractivity contribution in [3.8, 4) is 17.3 Å². The molecule has 5 nitrogen and oxygen atoms in total. The van der Waals surface area contributed by atoms with Crippen LogP contribution in [0.25, 0.3) is 11.6 Å². The van der Waals surface area contributed by atoms with Crippen molar-refractivity contribution in [2.75, 3.05) is 0 Å². The average Bonchev–Trinajstić information content (AvgIpc) is 2.90. The van der Waals surface area contributed by atoms with Gasteiger partial charge in [0.25, 0.3) is 5.89 Å². The summed E-state index contributed by atoms with van der Waals surface area (Å²) in [6.45, 7) is 0. The van der Waals surface area contributed by atoms with Crippen LogP contribution >= 0.6 is 0 Å². The molecule has 0 saturated carbocycles. The van der Waals surface area contributed by atoms with E-state index in [2.05, 4.69) is 27.3 Å². The lowest BCUT2D eigenvalue weighted by atomic mass is 9.77. The van der Waals surface area contributed by atoms with E-state index in [1.165, 1.54) is 11.1 Å². The quantitative estimate of drug-likeness (QED) is 0.770. The van der Waals surface area contributed by atoms with E-state index < -0.39 is 0 Å². The fourth-order valence-corrected chi connectivity index (χ4v) is 2.52. The summed E-state index contributed by atoms with van der Waals surface area (Å²) in [6, 6.07) is 11.4. The smallest absolute Gasteiger partial charge is 0.280 e. The minimum absolute atomic E-state index is 0.0386. The normalized spacial score (nSPS) is 16.5. The fraction of sp³-hybridized carbons (Fsp3) is 0.133. The highest BCUT2D eigenvalue weighted by molar-refractivity contribution is 5.56. The Bertz CT molecular complexity index is 782. The molecule has 0 radical (unpaired) electrons. The second-order valence-electron chi connectivity index (χ2n) is 4.78. The van der Waals surface area contributed by atoms with Crippen LogP contribution < -0.4 is 0 Å². The first kappa shape index (κ1) is 11.2. The zero-order valence-electron chi connectivity index (χ0n) is 10.5. The predicted molar refractivity (Wildman–Crippen MR) is 71.2 cm³/mol. The maximum atomic E-state index is 9.75. The lowest BCUT2D eigenvalue weighted by Crippen LogP contribution is -2.19. The minimum Gasteiger partial charge on any atom is -0.505 e. The summed E-state index contributed by atoms with van der Waals surface area (Å²) in [5.41, 5.74) is 2.88. The van der Waals surface area contributed by atoms with Gasteiger partial charge in [-0.25, -0.2) is 4.98 Å². The van der Waals surface area contributed by atoms with E-state index in [-0.39, 0.29) is 17.6 Å². The first-order chi connectivity index (χ1) is 9.83. The molecule has 0 bridgehead atoms. The van der Waals surface area contributed by atoms with E-state index in [1.54, 1.807) is 18.3 Å². The number of rotatable bonds is 2. The van der Waals surface area contributed by atoms with Crippen LogP contribution in [0.2, 0.25) is 0 Å². The second-order valence-corrected chi connectivity index (χ2v) is 4.78. The molecule has 0 saturated heterocycles. The molecule has 2 aromatic heterocycles. The molecule has 2 heterocycles. The van der Waals surface area contributed by atoms with Crippen LogP contribution in [0.4, 0.5) is 0 Å². The Kier molecular flexibility index (Phi) is 2.32. The molecule has 1 unspecified atom stereocenters. The summed E-state index contributed by atoms with van der Waals surface area (Å²) in [4.78, 5) is 8.43. The molecular weight excluding hydrogens is 254 g/mol. The number of hydrogen-bond acceptors (Lipinski definition) is 5. The molecule has 0 fully saturated rings. The summed E-state index contributed by atoms with van der Waals surface area (Å²) < 4.78 is 5.22. The highest BCUT2D eigenvalue weighted by Crippen LogP contribution is 2.39. The summed E-state index contributed by atoms with van der Waals surface area (Å²) in [6.07, 6.45) is 2.50. The number of hydrogen-bond donors (Lipinski definition) is 1. The monoisotopic (exact) mass is 265 g/mol. The summed E-state index contributed by atoms with van der Waals surface area (Å²) in [5.74, 6) is 1.11. The van der Waals surface area contributed by atoms with Gasteiger partial charge in [-0.3, -0.25) is 0 Å². The third-order valence-corrected chi connectivity index (χ3v) is 3.60. The maximum absolute atomic E-state index is 9.75. The van der Waals surface area contributed by atoms with E-state index in [0.29, 0.717) is 11.5 Å². The second kappa shape index (κ2) is 4.16. The number of pyridine rings is 1. The van der Waals surface area contributed by atoms with Crippen molar-refractivity contribution in [3.63, 3.8) is 0 Å². The van der Waals surface area contributed by atoms with Crippen molar-refractivity contribution < 1.29 is 9.63 Å². The molecule has 20 heavy (non-hydrogen) atoms. The van der Waals surface area contributed by atoms with Crippen LogP contribution in [0, 0.1) is 0 Å². The molecule has 1 aliphatic rings. The standard InChI is InChI=1S/C15H11N3O2/c19-12-6-3-7-16-13(12)15-17-14(18-20-15)11-8-9-4-1-2-5-10(9)11/h1-7,11,19H,8H2. The SMILES string of the molecule is Oc1cccnc1-c1nc(C2Cc3ccccc32)no1. The van der Waals surface area contributed by atoms with E-state index >= 15 is 0 Å². The van der Waals surface area contributed by atoms with Gasteiger partial charge in [-0.1, -0.05) is 29.4 Å². The molecule has 0 aliphatic heterocycles. The molecule has 1 aliphatic carbocycles. The van der Waals surface area contributed by atoms with Crippen LogP contribution in [0.3, 0.4) is 0 Å². The van der Waals surface area contributed by atoms with E-state index in [0.717, 1.165) is 6.42 Å². The Morgan fingerprint density at radius 1 is 1.15 bits per heavy atom. The zero-order chi connectivity index (χ0) is 13.5. The van der Waals surface area contributed by atoms with Gasteiger partial charge in [-0.2, -0.15) is 4.98 Å². The first-order valence-electron chi connectivity index (χ1n) is 6.38. The topological polar surface area (TPSA) is 72.0 Å². The average molecular weight is 265 g/mol. The van der Waals surface area contributed by atoms with Crippen molar-refractivity contribution in [2.24, 2.45) is 0 Å². The Hall–Kier alpha value is -2.69. The van der Waals surface area contributed by atoms with E-state index in [9.17, 15) is 5.11 Å². The molecular formula is C15H11N3O2. The predicted octanol–water partition coefficient (Wildman–Crippen LogP) is 2.53. The number of aromatic nitrogens is 3. The number of benzene rings is 1. The molecule has 0 amide bonds. The van der Waals surface area contributed by atoms with Gasteiger partial charge >= 0.3 is 0 Å². The highest BCUT2D eigenvalue weighted by Gasteiger charge is 2.31. The molecule has 1 aromatic carbocycles. The third-order valence-electron chi connectivity index (χ3n) is 3.60. The van der Waals surface area contributed by atoms with Gasteiger partial charge in [0, 0.05) is 6.20 Å². The van der Waals surface area contributed by atoms with Gasteiger partial charge < -0.3 is 9.63 Å². The third kappa shape index (κ3) is 1.60. The zero-order valence-corrected chi connectivity index (χ0v) is 10.5. The molecule has 0 spiro atoms. The minimum atomic E-state index is 0.0386. The Morgan fingerprint density at radius 2 is 2.05 bits per heavy atom. The van der Waals surface area contributed by atoms with Gasteiger partial charge in [-0.15, -0.1) is 0 Å². The van der Waals surface area contributed by atoms with Crippen LogP contribution in [0.5, 0.6) is 5.75 Å². The highest BCUT2D eigenvalue weighted by atomic mass is 16.5. The first-order valence-corrected chi connectivity index (χ1v) is 6.38. The summed E-state index contributed by atoms with van der Waals surface area (Å²) >= 11 is 0. The van der Waals surface area contributed by atoms with Gasteiger partial charge in [0.1, 0.15) is 5.75 Å². The van der Waals surface area contributed by atoms with Crippen molar-refractivity contribution in [2.45, 2.75) is 12.3 Å². The number of nitrogens with zero attached hydrogens (tertiary/aromatic N) is 3. The van der Waals surface area contributed by atoms with Gasteiger partial charge in [0.15, 0.2) is 11.5 Å². The van der Waals surface area contributed by atoms with E-state index in [4.69, 9.17) is 4.52 Å². The summed E-state index contributed by atoms with van der Waals surface area (Å²) in [7, 11) is 0. The van der Waals surface area contributed by atoms with Crippen LogP contribution in [0.15, 0.2) is 47.1 Å².